The second-order valence-corrected chi connectivity index (χ2v) is 8.60. The summed E-state index contributed by atoms with van der Waals surface area (Å²) in [5, 5.41) is 12.2. The largest absolute Gasteiger partial charge is 0.390 e. The first-order valence-electron chi connectivity index (χ1n) is 10.5. The lowest BCUT2D eigenvalue weighted by molar-refractivity contribution is 0.0464. The normalized spacial score (nSPS) is 24.9. The molecule has 26 heavy (non-hydrogen) atoms. The van der Waals surface area contributed by atoms with Gasteiger partial charge in [0, 0.05) is 42.8 Å². The Morgan fingerprint density at radius 3 is 2.77 bits per heavy atom. The van der Waals surface area contributed by atoms with Crippen LogP contribution in [0.2, 0.25) is 0 Å². The summed E-state index contributed by atoms with van der Waals surface area (Å²) in [5.74, 6) is 0. The van der Waals surface area contributed by atoms with Crippen LogP contribution in [0.5, 0.6) is 0 Å². The molecule has 2 aliphatic heterocycles. The maximum atomic E-state index is 10.7. The third-order valence-corrected chi connectivity index (χ3v) is 6.75. The van der Waals surface area contributed by atoms with Crippen LogP contribution in [0, 0.1) is 6.92 Å². The van der Waals surface area contributed by atoms with Crippen molar-refractivity contribution in [2.45, 2.75) is 57.7 Å². The molecular weight excluding hydrogens is 322 g/mol. The molecule has 3 aliphatic rings. The Balaban J connectivity index is 1.42. The van der Waals surface area contributed by atoms with E-state index < -0.39 is 0 Å². The monoisotopic (exact) mass is 353 g/mol. The van der Waals surface area contributed by atoms with Crippen LogP contribution in [0.3, 0.4) is 0 Å². The molecule has 0 amide bonds. The van der Waals surface area contributed by atoms with Gasteiger partial charge < -0.3 is 14.6 Å². The Hall–Kier alpha value is -1.36. The van der Waals surface area contributed by atoms with Crippen molar-refractivity contribution in [2.75, 3.05) is 32.7 Å². The minimum absolute atomic E-state index is 0.225. The number of likely N-dealkylation sites (tertiary alicyclic amines) is 1. The lowest BCUT2D eigenvalue weighted by Crippen LogP contribution is -2.45. The maximum absolute atomic E-state index is 10.7. The molecule has 3 heterocycles. The lowest BCUT2D eigenvalue weighted by Gasteiger charge is -2.41. The SMILES string of the molecule is Cc1ccc2c(c1)c1c3n2CCN(C[C@H](O)CN2CCCC2)[C@H]3CCC1. The second-order valence-electron chi connectivity index (χ2n) is 8.60. The van der Waals surface area contributed by atoms with Gasteiger partial charge in [-0.3, -0.25) is 4.90 Å². The van der Waals surface area contributed by atoms with Gasteiger partial charge in [-0.25, -0.2) is 0 Å². The van der Waals surface area contributed by atoms with E-state index in [-0.39, 0.29) is 6.10 Å². The van der Waals surface area contributed by atoms with E-state index in [0.29, 0.717) is 6.04 Å². The Labute approximate surface area is 156 Å². The number of aliphatic hydroxyl groups excluding tert-OH is 1. The molecule has 1 aromatic carbocycles. The fourth-order valence-corrected chi connectivity index (χ4v) is 5.60. The number of β-amino-alcohol motifs (C(OH)–C–C–N with tert-alkyl or cyclic N) is 1. The van der Waals surface area contributed by atoms with Crippen molar-refractivity contribution in [2.24, 2.45) is 0 Å². The van der Waals surface area contributed by atoms with Crippen LogP contribution in [0.1, 0.15) is 48.5 Å². The summed E-state index contributed by atoms with van der Waals surface area (Å²) in [6.45, 7) is 8.31. The summed E-state index contributed by atoms with van der Waals surface area (Å²) in [7, 11) is 0. The van der Waals surface area contributed by atoms with Crippen molar-refractivity contribution in [1.82, 2.24) is 14.4 Å². The van der Waals surface area contributed by atoms with Gasteiger partial charge in [0.15, 0.2) is 0 Å². The van der Waals surface area contributed by atoms with Gasteiger partial charge in [0.2, 0.25) is 0 Å². The zero-order chi connectivity index (χ0) is 17.7. The molecule has 1 fully saturated rings. The van der Waals surface area contributed by atoms with Gasteiger partial charge in [-0.05, 0) is 69.8 Å². The van der Waals surface area contributed by atoms with E-state index in [2.05, 4.69) is 39.5 Å². The molecule has 140 valence electrons. The van der Waals surface area contributed by atoms with Crippen LogP contribution >= 0.6 is 0 Å². The highest BCUT2D eigenvalue weighted by Gasteiger charge is 2.35. The van der Waals surface area contributed by atoms with E-state index in [1.54, 1.807) is 11.3 Å². The number of hydrogen-bond donors (Lipinski definition) is 1. The van der Waals surface area contributed by atoms with Gasteiger partial charge in [-0.15, -0.1) is 0 Å². The van der Waals surface area contributed by atoms with Gasteiger partial charge in [-0.2, -0.15) is 0 Å². The van der Waals surface area contributed by atoms with Crippen LogP contribution in [0.4, 0.5) is 0 Å². The van der Waals surface area contributed by atoms with Crippen LogP contribution in [-0.4, -0.2) is 58.3 Å². The molecule has 5 rings (SSSR count). The van der Waals surface area contributed by atoms with Crippen molar-refractivity contribution < 1.29 is 5.11 Å². The first kappa shape index (κ1) is 16.8. The molecule has 2 aromatic rings. The summed E-state index contributed by atoms with van der Waals surface area (Å²) in [6.07, 6.45) is 6.08. The molecule has 0 radical (unpaired) electrons. The highest BCUT2D eigenvalue weighted by Crippen LogP contribution is 2.42. The molecule has 1 aliphatic carbocycles. The number of aryl methyl sites for hydroxylation is 2. The van der Waals surface area contributed by atoms with Crippen LogP contribution in [-0.2, 0) is 13.0 Å². The second kappa shape index (κ2) is 6.66. The average molecular weight is 354 g/mol. The molecule has 0 bridgehead atoms. The summed E-state index contributed by atoms with van der Waals surface area (Å²) in [6, 6.07) is 7.44. The minimum atomic E-state index is -0.225. The smallest absolute Gasteiger partial charge is 0.0794 e. The van der Waals surface area contributed by atoms with Crippen molar-refractivity contribution in [3.8, 4) is 0 Å². The molecule has 1 saturated heterocycles. The fraction of sp³-hybridized carbons (Fsp3) is 0.636. The highest BCUT2D eigenvalue weighted by molar-refractivity contribution is 5.87. The summed E-state index contributed by atoms with van der Waals surface area (Å²) in [4.78, 5) is 5.01. The van der Waals surface area contributed by atoms with Crippen LogP contribution < -0.4 is 0 Å². The van der Waals surface area contributed by atoms with Crippen LogP contribution in [0.15, 0.2) is 18.2 Å². The zero-order valence-electron chi connectivity index (χ0n) is 16.0. The van der Waals surface area contributed by atoms with Crippen molar-refractivity contribution >= 4 is 10.9 Å². The van der Waals surface area contributed by atoms with Gasteiger partial charge in [-0.1, -0.05) is 11.6 Å². The van der Waals surface area contributed by atoms with E-state index in [1.165, 1.54) is 48.6 Å². The molecule has 4 heteroatoms. The van der Waals surface area contributed by atoms with E-state index in [1.807, 2.05) is 0 Å². The standard InChI is InChI=1S/C22H31N3O/c1-16-7-8-20-19(13-16)18-5-4-6-21-22(18)25(20)12-11-24(21)15-17(26)14-23-9-2-3-10-23/h7-8,13,17,21,26H,2-6,9-12,14-15H2,1H3/t17-,21+/m1/s1. The van der Waals surface area contributed by atoms with Crippen molar-refractivity contribution in [3.63, 3.8) is 0 Å². The van der Waals surface area contributed by atoms with Gasteiger partial charge in [0.05, 0.1) is 12.1 Å². The number of benzene rings is 1. The third-order valence-electron chi connectivity index (χ3n) is 6.75. The summed E-state index contributed by atoms with van der Waals surface area (Å²) >= 11 is 0. The van der Waals surface area contributed by atoms with Crippen molar-refractivity contribution in [3.05, 3.63) is 35.0 Å². The van der Waals surface area contributed by atoms with E-state index in [0.717, 1.165) is 39.3 Å². The number of fused-ring (bicyclic) bond motifs is 3. The maximum Gasteiger partial charge on any atom is 0.0794 e. The van der Waals surface area contributed by atoms with Crippen molar-refractivity contribution in [1.29, 1.82) is 0 Å². The summed E-state index contributed by atoms with van der Waals surface area (Å²) < 4.78 is 2.58. The first-order chi connectivity index (χ1) is 12.7. The molecule has 1 aromatic heterocycles. The third kappa shape index (κ3) is 2.79. The van der Waals surface area contributed by atoms with E-state index >= 15 is 0 Å². The number of hydrogen-bond acceptors (Lipinski definition) is 3. The highest BCUT2D eigenvalue weighted by atomic mass is 16.3. The summed E-state index contributed by atoms with van der Waals surface area (Å²) in [5.41, 5.74) is 5.91. The first-order valence-corrected chi connectivity index (χ1v) is 10.5. The topological polar surface area (TPSA) is 31.6 Å². The number of aliphatic hydroxyl groups is 1. The molecule has 0 saturated carbocycles. The average Bonchev–Trinajstić information content (AvgIpc) is 3.25. The number of nitrogens with zero attached hydrogens (tertiary/aromatic N) is 3. The molecule has 0 unspecified atom stereocenters. The molecular formula is C22H31N3O. The van der Waals surface area contributed by atoms with Crippen LogP contribution in [0.25, 0.3) is 10.9 Å². The lowest BCUT2D eigenvalue weighted by atomic mass is 9.89. The quantitative estimate of drug-likeness (QED) is 0.916. The molecule has 0 spiro atoms. The van der Waals surface area contributed by atoms with E-state index in [4.69, 9.17) is 0 Å². The Bertz CT molecular complexity index is 805. The Kier molecular flexibility index (Phi) is 4.30. The van der Waals surface area contributed by atoms with Gasteiger partial charge in [0.1, 0.15) is 0 Å². The zero-order valence-corrected chi connectivity index (χ0v) is 16.0. The Morgan fingerprint density at radius 2 is 1.92 bits per heavy atom. The minimum Gasteiger partial charge on any atom is -0.390 e. The molecule has 4 nitrogen and oxygen atoms in total. The predicted octanol–water partition coefficient (Wildman–Crippen LogP) is 3.10. The van der Waals surface area contributed by atoms with Gasteiger partial charge in [0.25, 0.3) is 0 Å². The fourth-order valence-electron chi connectivity index (χ4n) is 5.60. The Morgan fingerprint density at radius 1 is 1.08 bits per heavy atom. The molecule has 1 N–H and O–H groups in total. The number of rotatable bonds is 4. The van der Waals surface area contributed by atoms with E-state index in [9.17, 15) is 5.11 Å². The predicted molar refractivity (Wildman–Crippen MR) is 106 cm³/mol. The van der Waals surface area contributed by atoms with Gasteiger partial charge >= 0.3 is 0 Å². The number of aromatic nitrogens is 1. The molecule has 2 atom stereocenters.